The lowest BCUT2D eigenvalue weighted by molar-refractivity contribution is 0.0467. The largest absolute Gasteiger partial charge is 0.379 e. The van der Waals surface area contributed by atoms with E-state index in [1.165, 1.54) is 32.1 Å². The normalized spacial score (nSPS) is 16.9. The predicted molar refractivity (Wildman–Crippen MR) is 89.7 cm³/mol. The number of ether oxygens (including phenoxy) is 2. The number of hydrogen-bond donors (Lipinski definition) is 1. The molecule has 1 saturated carbocycles. The molecule has 1 aliphatic rings. The van der Waals surface area contributed by atoms with Crippen molar-refractivity contribution in [3.05, 3.63) is 0 Å². The Labute approximate surface area is 132 Å². The van der Waals surface area contributed by atoms with Crippen molar-refractivity contribution >= 4 is 0 Å². The molecule has 0 radical (unpaired) electrons. The second-order valence-corrected chi connectivity index (χ2v) is 7.31. The van der Waals surface area contributed by atoms with Crippen LogP contribution in [-0.2, 0) is 9.47 Å². The molecule has 0 spiro atoms. The average Bonchev–Trinajstić information content (AvgIpc) is 3.21. The third-order valence-corrected chi connectivity index (χ3v) is 4.71. The fourth-order valence-corrected chi connectivity index (χ4v) is 2.68. The van der Waals surface area contributed by atoms with Crippen molar-refractivity contribution in [2.75, 3.05) is 39.5 Å². The smallest absolute Gasteiger partial charge is 0.0701 e. The van der Waals surface area contributed by atoms with Gasteiger partial charge in [-0.25, -0.2) is 0 Å². The van der Waals surface area contributed by atoms with Crippen LogP contribution < -0.4 is 5.32 Å². The first kappa shape index (κ1) is 18.9. The van der Waals surface area contributed by atoms with Gasteiger partial charge < -0.3 is 14.8 Å². The van der Waals surface area contributed by atoms with Crippen LogP contribution in [0.15, 0.2) is 0 Å². The Bertz CT molecular complexity index is 250. The molecule has 0 bridgehead atoms. The van der Waals surface area contributed by atoms with Gasteiger partial charge in [0.15, 0.2) is 0 Å². The molecule has 1 fully saturated rings. The van der Waals surface area contributed by atoms with Crippen LogP contribution in [-0.4, -0.2) is 39.5 Å². The highest BCUT2D eigenvalue weighted by molar-refractivity contribution is 4.96. The van der Waals surface area contributed by atoms with Gasteiger partial charge in [0.05, 0.1) is 19.8 Å². The maximum atomic E-state index is 5.59. The van der Waals surface area contributed by atoms with Crippen molar-refractivity contribution in [1.29, 1.82) is 0 Å². The molecule has 0 amide bonds. The van der Waals surface area contributed by atoms with Crippen LogP contribution in [0.4, 0.5) is 0 Å². The second-order valence-electron chi connectivity index (χ2n) is 7.31. The van der Waals surface area contributed by atoms with E-state index < -0.39 is 0 Å². The summed E-state index contributed by atoms with van der Waals surface area (Å²) in [6.45, 7) is 14.5. The summed E-state index contributed by atoms with van der Waals surface area (Å²) in [4.78, 5) is 0. The standard InChI is InChI=1S/C18H37NO2/c1-16(2)7-5-6-11-20-13-14-21-12-10-19-15-18(8-9-18)17(3)4/h16-17,19H,5-15H2,1-4H3. The van der Waals surface area contributed by atoms with Crippen molar-refractivity contribution in [1.82, 2.24) is 5.32 Å². The lowest BCUT2D eigenvalue weighted by Crippen LogP contribution is -2.30. The van der Waals surface area contributed by atoms with Crippen LogP contribution in [0.2, 0.25) is 0 Å². The lowest BCUT2D eigenvalue weighted by atomic mass is 9.92. The minimum absolute atomic E-state index is 0.596. The zero-order valence-corrected chi connectivity index (χ0v) is 14.7. The Morgan fingerprint density at radius 2 is 1.57 bits per heavy atom. The summed E-state index contributed by atoms with van der Waals surface area (Å²) in [7, 11) is 0. The minimum atomic E-state index is 0.596. The Morgan fingerprint density at radius 3 is 2.14 bits per heavy atom. The third-order valence-electron chi connectivity index (χ3n) is 4.71. The monoisotopic (exact) mass is 299 g/mol. The van der Waals surface area contributed by atoms with Crippen molar-refractivity contribution in [2.24, 2.45) is 17.3 Å². The molecular formula is C18H37NO2. The molecule has 0 saturated heterocycles. The molecule has 1 rings (SSSR count). The van der Waals surface area contributed by atoms with Crippen molar-refractivity contribution in [3.8, 4) is 0 Å². The van der Waals surface area contributed by atoms with E-state index in [0.717, 1.165) is 51.4 Å². The zero-order chi connectivity index (χ0) is 15.6. The summed E-state index contributed by atoms with van der Waals surface area (Å²) in [5, 5.41) is 3.53. The quantitative estimate of drug-likeness (QED) is 0.494. The van der Waals surface area contributed by atoms with E-state index in [-0.39, 0.29) is 0 Å². The van der Waals surface area contributed by atoms with Crippen LogP contribution in [0.1, 0.15) is 59.8 Å². The van der Waals surface area contributed by atoms with E-state index >= 15 is 0 Å². The van der Waals surface area contributed by atoms with Gasteiger partial charge in [0.2, 0.25) is 0 Å². The number of hydrogen-bond acceptors (Lipinski definition) is 3. The maximum absolute atomic E-state index is 5.59. The molecule has 0 aromatic heterocycles. The highest BCUT2D eigenvalue weighted by Crippen LogP contribution is 2.51. The van der Waals surface area contributed by atoms with Gasteiger partial charge >= 0.3 is 0 Å². The van der Waals surface area contributed by atoms with Gasteiger partial charge in [-0.3, -0.25) is 0 Å². The Morgan fingerprint density at radius 1 is 0.905 bits per heavy atom. The first-order valence-electron chi connectivity index (χ1n) is 8.93. The van der Waals surface area contributed by atoms with E-state index in [4.69, 9.17) is 9.47 Å². The molecule has 1 aliphatic carbocycles. The summed E-state index contributed by atoms with van der Waals surface area (Å²) >= 11 is 0. The van der Waals surface area contributed by atoms with Gasteiger partial charge in [-0.15, -0.1) is 0 Å². The molecule has 3 heteroatoms. The number of rotatable bonds is 14. The summed E-state index contributed by atoms with van der Waals surface area (Å²) < 4.78 is 11.2. The first-order chi connectivity index (χ1) is 10.1. The van der Waals surface area contributed by atoms with Crippen molar-refractivity contribution in [3.63, 3.8) is 0 Å². The number of nitrogens with one attached hydrogen (secondary N) is 1. The molecule has 126 valence electrons. The fraction of sp³-hybridized carbons (Fsp3) is 1.00. The van der Waals surface area contributed by atoms with Crippen molar-refractivity contribution in [2.45, 2.75) is 59.8 Å². The van der Waals surface area contributed by atoms with Gasteiger partial charge in [-0.1, -0.05) is 40.5 Å². The molecule has 0 atom stereocenters. The van der Waals surface area contributed by atoms with E-state index in [1.807, 2.05) is 0 Å². The molecule has 0 unspecified atom stereocenters. The minimum Gasteiger partial charge on any atom is -0.379 e. The van der Waals surface area contributed by atoms with Gasteiger partial charge in [0.1, 0.15) is 0 Å². The number of unbranched alkanes of at least 4 members (excludes halogenated alkanes) is 1. The molecule has 0 aromatic rings. The Balaban J connectivity index is 1.75. The second kappa shape index (κ2) is 10.6. The topological polar surface area (TPSA) is 30.5 Å². The predicted octanol–water partition coefficient (Wildman–Crippen LogP) is 3.87. The Hall–Kier alpha value is -0.120. The molecule has 3 nitrogen and oxygen atoms in total. The summed E-state index contributed by atoms with van der Waals surface area (Å²) in [6.07, 6.45) is 6.55. The lowest BCUT2D eigenvalue weighted by Gasteiger charge is -2.20. The van der Waals surface area contributed by atoms with Gasteiger partial charge in [0.25, 0.3) is 0 Å². The Kier molecular flexibility index (Phi) is 9.54. The van der Waals surface area contributed by atoms with E-state index in [0.29, 0.717) is 5.41 Å². The molecule has 0 aromatic carbocycles. The van der Waals surface area contributed by atoms with E-state index in [1.54, 1.807) is 0 Å². The fourth-order valence-electron chi connectivity index (χ4n) is 2.68. The highest BCUT2D eigenvalue weighted by Gasteiger charge is 2.44. The zero-order valence-electron chi connectivity index (χ0n) is 14.7. The first-order valence-corrected chi connectivity index (χ1v) is 8.93. The van der Waals surface area contributed by atoms with Gasteiger partial charge in [-0.2, -0.15) is 0 Å². The summed E-state index contributed by atoms with van der Waals surface area (Å²) in [5.74, 6) is 1.61. The SMILES string of the molecule is CC(C)CCCCOCCOCCNCC1(C(C)C)CC1. The maximum Gasteiger partial charge on any atom is 0.0701 e. The molecule has 1 N–H and O–H groups in total. The average molecular weight is 299 g/mol. The van der Waals surface area contributed by atoms with Crippen LogP contribution in [0.25, 0.3) is 0 Å². The molecular weight excluding hydrogens is 262 g/mol. The third kappa shape index (κ3) is 8.80. The van der Waals surface area contributed by atoms with Crippen LogP contribution in [0.5, 0.6) is 0 Å². The molecule has 0 aliphatic heterocycles. The molecule has 21 heavy (non-hydrogen) atoms. The highest BCUT2D eigenvalue weighted by atomic mass is 16.5. The summed E-state index contributed by atoms with van der Waals surface area (Å²) in [5.41, 5.74) is 0.596. The van der Waals surface area contributed by atoms with E-state index in [9.17, 15) is 0 Å². The van der Waals surface area contributed by atoms with Crippen LogP contribution >= 0.6 is 0 Å². The van der Waals surface area contributed by atoms with Gasteiger partial charge in [0, 0.05) is 19.7 Å². The van der Waals surface area contributed by atoms with Crippen LogP contribution in [0, 0.1) is 17.3 Å². The molecule has 0 heterocycles. The van der Waals surface area contributed by atoms with Crippen molar-refractivity contribution < 1.29 is 9.47 Å². The van der Waals surface area contributed by atoms with E-state index in [2.05, 4.69) is 33.0 Å². The summed E-state index contributed by atoms with van der Waals surface area (Å²) in [6, 6.07) is 0. The van der Waals surface area contributed by atoms with Gasteiger partial charge in [-0.05, 0) is 36.5 Å². The van der Waals surface area contributed by atoms with Crippen LogP contribution in [0.3, 0.4) is 0 Å².